The smallest absolute Gasteiger partial charge is 0.410 e. The summed E-state index contributed by atoms with van der Waals surface area (Å²) >= 11 is 0. The summed E-state index contributed by atoms with van der Waals surface area (Å²) in [5, 5.41) is 0. The van der Waals surface area contributed by atoms with Crippen molar-refractivity contribution in [2.24, 2.45) is 5.92 Å². The number of hydrogen-bond acceptors (Lipinski definition) is 5. The van der Waals surface area contributed by atoms with Crippen LogP contribution in [-0.2, 0) is 11.2 Å². The maximum absolute atomic E-state index is 14.8. The summed E-state index contributed by atoms with van der Waals surface area (Å²) in [7, 11) is 0. The van der Waals surface area contributed by atoms with Gasteiger partial charge in [-0.15, -0.1) is 0 Å². The minimum Gasteiger partial charge on any atom is -0.444 e. The summed E-state index contributed by atoms with van der Waals surface area (Å²) in [6.45, 7) is 6.34. The van der Waals surface area contributed by atoms with Crippen LogP contribution in [-0.4, -0.2) is 52.2 Å². The summed E-state index contributed by atoms with van der Waals surface area (Å²) in [4.78, 5) is 43.1. The molecule has 6 nitrogen and oxygen atoms in total. The molecule has 1 aliphatic rings. The van der Waals surface area contributed by atoms with Gasteiger partial charge in [-0.25, -0.2) is 18.6 Å². The second-order valence-corrected chi connectivity index (χ2v) is 10.6. The molecule has 1 saturated heterocycles. The first kappa shape index (κ1) is 28.4. The molecule has 37 heavy (non-hydrogen) atoms. The van der Waals surface area contributed by atoms with E-state index in [0.717, 1.165) is 10.5 Å². The standard InChI is InChI=1S/C29H36F2N2O4/c1-5-25(34)24-18-21(17-23(32-24)16-20-10-7-6-8-11-20)26(35)13-9-12-22-14-15-33(19-29(22,30)31)27(36)37-28(2,3)4/h6-8,10-11,17-18,22H,5,9,12-16,19H2,1-4H3. The lowest BCUT2D eigenvalue weighted by Crippen LogP contribution is -2.51. The van der Waals surface area contributed by atoms with Crippen LogP contribution in [0.5, 0.6) is 0 Å². The highest BCUT2D eigenvalue weighted by atomic mass is 19.3. The Morgan fingerprint density at radius 3 is 2.43 bits per heavy atom. The second kappa shape index (κ2) is 11.9. The molecule has 3 rings (SSSR count). The number of nitrogens with zero attached hydrogens (tertiary/aromatic N) is 2. The van der Waals surface area contributed by atoms with E-state index in [1.54, 1.807) is 33.8 Å². The molecular formula is C29H36F2N2O4. The van der Waals surface area contributed by atoms with Crippen molar-refractivity contribution in [1.29, 1.82) is 0 Å². The lowest BCUT2D eigenvalue weighted by molar-refractivity contribution is -0.112. The third kappa shape index (κ3) is 8.17. The van der Waals surface area contributed by atoms with E-state index in [0.29, 0.717) is 24.1 Å². The summed E-state index contributed by atoms with van der Waals surface area (Å²) < 4.78 is 34.9. The van der Waals surface area contributed by atoms with Gasteiger partial charge in [-0.05, 0) is 57.7 Å². The molecule has 1 atom stereocenters. The zero-order chi connectivity index (χ0) is 27.2. The Morgan fingerprint density at radius 2 is 1.81 bits per heavy atom. The predicted octanol–water partition coefficient (Wildman–Crippen LogP) is 6.51. The third-order valence-electron chi connectivity index (χ3n) is 6.39. The molecule has 1 amide bonds. The number of benzene rings is 1. The minimum absolute atomic E-state index is 0.0942. The summed E-state index contributed by atoms with van der Waals surface area (Å²) in [6.07, 6.45) is 0.717. The number of amides is 1. The SMILES string of the molecule is CCC(=O)c1cc(C(=O)CCCC2CCN(C(=O)OC(C)(C)C)CC2(F)F)cc(Cc2ccccc2)n1. The number of ketones is 2. The van der Waals surface area contributed by atoms with Crippen molar-refractivity contribution in [2.75, 3.05) is 13.1 Å². The molecule has 0 bridgehead atoms. The number of piperidine rings is 1. The van der Waals surface area contributed by atoms with Gasteiger partial charge in [-0.1, -0.05) is 37.3 Å². The molecule has 0 N–H and O–H groups in total. The van der Waals surface area contributed by atoms with Gasteiger partial charge >= 0.3 is 6.09 Å². The highest BCUT2D eigenvalue weighted by Gasteiger charge is 2.46. The molecule has 200 valence electrons. The van der Waals surface area contributed by atoms with Crippen LogP contribution < -0.4 is 0 Å². The van der Waals surface area contributed by atoms with Crippen LogP contribution in [0.4, 0.5) is 13.6 Å². The zero-order valence-corrected chi connectivity index (χ0v) is 22.1. The predicted molar refractivity (Wildman–Crippen MR) is 137 cm³/mol. The van der Waals surface area contributed by atoms with Gasteiger partial charge in [-0.2, -0.15) is 0 Å². The Hall–Kier alpha value is -3.16. The third-order valence-corrected chi connectivity index (χ3v) is 6.39. The molecule has 0 radical (unpaired) electrons. The number of likely N-dealkylation sites (tertiary alicyclic amines) is 1. The topological polar surface area (TPSA) is 76.6 Å². The maximum atomic E-state index is 14.8. The average Bonchev–Trinajstić information content (AvgIpc) is 2.83. The Kier molecular flexibility index (Phi) is 9.16. The van der Waals surface area contributed by atoms with E-state index >= 15 is 0 Å². The van der Waals surface area contributed by atoms with Gasteiger partial charge < -0.3 is 9.64 Å². The molecule has 2 heterocycles. The van der Waals surface area contributed by atoms with Crippen LogP contribution in [0.25, 0.3) is 0 Å². The number of carbonyl (C=O) groups is 3. The zero-order valence-electron chi connectivity index (χ0n) is 22.1. The number of aromatic nitrogens is 1. The Balaban J connectivity index is 1.62. The number of halogens is 2. The molecule has 0 saturated carbocycles. The molecule has 1 aromatic heterocycles. The van der Waals surface area contributed by atoms with Crippen LogP contribution in [0.1, 0.15) is 91.9 Å². The molecular weight excluding hydrogens is 478 g/mol. The Bertz CT molecular complexity index is 1110. The van der Waals surface area contributed by atoms with Gasteiger partial charge in [0.2, 0.25) is 0 Å². The monoisotopic (exact) mass is 514 g/mol. The molecule has 0 aliphatic carbocycles. The van der Waals surface area contributed by atoms with E-state index < -0.39 is 30.1 Å². The van der Waals surface area contributed by atoms with E-state index in [4.69, 9.17) is 4.74 Å². The van der Waals surface area contributed by atoms with Crippen LogP contribution in [0, 0.1) is 5.92 Å². The first-order chi connectivity index (χ1) is 17.4. The Morgan fingerprint density at radius 1 is 1.11 bits per heavy atom. The van der Waals surface area contributed by atoms with Gasteiger partial charge in [0.1, 0.15) is 11.3 Å². The first-order valence-corrected chi connectivity index (χ1v) is 12.8. The van der Waals surface area contributed by atoms with Crippen LogP contribution in [0.3, 0.4) is 0 Å². The lowest BCUT2D eigenvalue weighted by atomic mass is 9.87. The van der Waals surface area contributed by atoms with Crippen molar-refractivity contribution in [1.82, 2.24) is 9.88 Å². The van der Waals surface area contributed by atoms with E-state index in [-0.39, 0.29) is 49.5 Å². The number of Topliss-reactive ketones (excluding diaryl/α,β-unsaturated/α-hetero) is 2. The number of carbonyl (C=O) groups excluding carboxylic acids is 3. The second-order valence-electron chi connectivity index (χ2n) is 10.6. The van der Waals surface area contributed by atoms with Gasteiger partial charge in [0.25, 0.3) is 5.92 Å². The molecule has 1 aliphatic heterocycles. The van der Waals surface area contributed by atoms with Gasteiger partial charge in [0.15, 0.2) is 11.6 Å². The summed E-state index contributed by atoms with van der Waals surface area (Å²) in [6, 6.07) is 12.8. The van der Waals surface area contributed by atoms with Crippen LogP contribution >= 0.6 is 0 Å². The minimum atomic E-state index is -3.06. The fraction of sp³-hybridized carbons (Fsp3) is 0.517. The molecule has 1 fully saturated rings. The van der Waals surface area contributed by atoms with Crippen LogP contribution in [0.15, 0.2) is 42.5 Å². The maximum Gasteiger partial charge on any atom is 0.410 e. The normalized spacial score (nSPS) is 17.4. The van der Waals surface area contributed by atoms with Gasteiger partial charge in [0.05, 0.1) is 6.54 Å². The Labute approximate surface area is 217 Å². The van der Waals surface area contributed by atoms with Crippen molar-refractivity contribution in [2.45, 2.75) is 77.7 Å². The van der Waals surface area contributed by atoms with Gasteiger partial charge in [0, 0.05) is 43.0 Å². The van der Waals surface area contributed by atoms with Crippen molar-refractivity contribution < 1.29 is 27.9 Å². The fourth-order valence-electron chi connectivity index (χ4n) is 4.44. The van der Waals surface area contributed by atoms with Crippen molar-refractivity contribution in [3.63, 3.8) is 0 Å². The number of hydrogen-bond donors (Lipinski definition) is 0. The van der Waals surface area contributed by atoms with E-state index in [9.17, 15) is 23.2 Å². The number of pyridine rings is 1. The number of alkyl halides is 2. The van der Waals surface area contributed by atoms with Crippen molar-refractivity contribution in [3.8, 4) is 0 Å². The molecule has 2 aromatic rings. The molecule has 8 heteroatoms. The molecule has 1 aromatic carbocycles. The molecule has 0 spiro atoms. The van der Waals surface area contributed by atoms with Crippen molar-refractivity contribution in [3.05, 3.63) is 65.0 Å². The van der Waals surface area contributed by atoms with Crippen LogP contribution in [0.2, 0.25) is 0 Å². The van der Waals surface area contributed by atoms with E-state index in [1.807, 2.05) is 30.3 Å². The number of rotatable bonds is 9. The van der Waals surface area contributed by atoms with E-state index in [1.165, 1.54) is 6.07 Å². The largest absolute Gasteiger partial charge is 0.444 e. The van der Waals surface area contributed by atoms with E-state index in [2.05, 4.69) is 4.98 Å². The summed E-state index contributed by atoms with van der Waals surface area (Å²) in [5.74, 6) is -4.32. The average molecular weight is 515 g/mol. The fourth-order valence-corrected chi connectivity index (χ4v) is 4.44. The summed E-state index contributed by atoms with van der Waals surface area (Å²) in [5.41, 5.74) is 1.51. The highest BCUT2D eigenvalue weighted by Crippen LogP contribution is 2.36. The number of ether oxygens (including phenoxy) is 1. The quantitative estimate of drug-likeness (QED) is 0.357. The van der Waals surface area contributed by atoms with Gasteiger partial charge in [-0.3, -0.25) is 9.59 Å². The lowest BCUT2D eigenvalue weighted by Gasteiger charge is -2.38. The highest BCUT2D eigenvalue weighted by molar-refractivity contribution is 6.00. The first-order valence-electron chi connectivity index (χ1n) is 12.8. The van der Waals surface area contributed by atoms with Crippen molar-refractivity contribution >= 4 is 17.7 Å². The molecule has 1 unspecified atom stereocenters.